The summed E-state index contributed by atoms with van der Waals surface area (Å²) in [6.07, 6.45) is 1.96. The zero-order valence-electron chi connectivity index (χ0n) is 7.07. The predicted molar refractivity (Wildman–Crippen MR) is 48.5 cm³/mol. The van der Waals surface area contributed by atoms with Gasteiger partial charge in [0.1, 0.15) is 5.92 Å². The van der Waals surface area contributed by atoms with Crippen LogP contribution in [0.4, 0.5) is 0 Å². The lowest BCUT2D eigenvalue weighted by Crippen LogP contribution is -2.26. The Bertz CT molecular complexity index is 295. The second-order valence-electron chi connectivity index (χ2n) is 2.76. The van der Waals surface area contributed by atoms with Crippen molar-refractivity contribution in [3.05, 3.63) is 35.9 Å². The first-order valence-electron chi connectivity index (χ1n) is 3.95. The fourth-order valence-corrected chi connectivity index (χ4v) is 1.05. The van der Waals surface area contributed by atoms with Gasteiger partial charge in [0.05, 0.1) is 0 Å². The summed E-state index contributed by atoms with van der Waals surface area (Å²) in [4.78, 5) is 21.0. The molecule has 1 unspecified atom stereocenters. The highest BCUT2D eigenvalue weighted by Gasteiger charge is 2.15. The maximum atomic E-state index is 10.7. The highest BCUT2D eigenvalue weighted by atomic mass is 16.2. The third-order valence-electron chi connectivity index (χ3n) is 1.77. The molecule has 13 heavy (non-hydrogen) atoms. The van der Waals surface area contributed by atoms with Gasteiger partial charge in [-0.05, 0) is 12.0 Å². The molecule has 0 heterocycles. The van der Waals surface area contributed by atoms with E-state index >= 15 is 0 Å². The Labute approximate surface area is 76.6 Å². The molecular weight excluding hydrogens is 166 g/mol. The summed E-state index contributed by atoms with van der Waals surface area (Å²) in [5.74, 6) is -1.46. The van der Waals surface area contributed by atoms with Gasteiger partial charge in [-0.25, -0.2) is 0 Å². The molecule has 1 amide bonds. The average molecular weight is 176 g/mol. The minimum atomic E-state index is -0.831. The van der Waals surface area contributed by atoms with Crippen molar-refractivity contribution in [1.29, 1.82) is 0 Å². The maximum absolute atomic E-state index is 10.7. The monoisotopic (exact) mass is 176 g/mol. The van der Waals surface area contributed by atoms with Crippen LogP contribution in [0.1, 0.15) is 5.56 Å². The number of hydrogen-bond donors (Lipinski definition) is 1. The molecule has 0 spiro atoms. The third-order valence-corrected chi connectivity index (χ3v) is 1.77. The van der Waals surface area contributed by atoms with E-state index < -0.39 is 11.8 Å². The first-order chi connectivity index (χ1) is 6.24. The Morgan fingerprint density at radius 3 is 2.46 bits per heavy atom. The molecule has 1 aromatic carbocycles. The first-order valence-corrected chi connectivity index (χ1v) is 3.95. The zero-order chi connectivity index (χ0) is 9.68. The van der Waals surface area contributed by atoms with Gasteiger partial charge >= 0.3 is 0 Å². The molecule has 0 bridgehead atoms. The van der Waals surface area contributed by atoms with Gasteiger partial charge in [0.2, 0.25) is 12.2 Å². The molecule has 0 aliphatic carbocycles. The van der Waals surface area contributed by atoms with E-state index in [4.69, 9.17) is 5.73 Å². The first kappa shape index (κ1) is 9.45. The SMILES string of the molecule is NC(=O)C([C]=O)Cc1ccccc1. The quantitative estimate of drug-likeness (QED) is 0.677. The number of carbonyl (C=O) groups is 1. The lowest BCUT2D eigenvalue weighted by atomic mass is 10.0. The third kappa shape index (κ3) is 2.71. The summed E-state index contributed by atoms with van der Waals surface area (Å²) < 4.78 is 0. The molecule has 1 atom stereocenters. The van der Waals surface area contributed by atoms with Gasteiger partial charge in [0.15, 0.2) is 0 Å². The van der Waals surface area contributed by atoms with Gasteiger partial charge in [0, 0.05) is 0 Å². The van der Waals surface area contributed by atoms with Crippen molar-refractivity contribution in [2.75, 3.05) is 0 Å². The van der Waals surface area contributed by atoms with Crippen molar-refractivity contribution < 1.29 is 9.59 Å². The molecular formula is C10H10NO2. The second-order valence-corrected chi connectivity index (χ2v) is 2.76. The van der Waals surface area contributed by atoms with Crippen LogP contribution < -0.4 is 5.73 Å². The summed E-state index contributed by atoms with van der Waals surface area (Å²) in [6.45, 7) is 0. The van der Waals surface area contributed by atoms with Crippen LogP contribution in [-0.2, 0) is 16.0 Å². The standard InChI is InChI=1S/C10H10NO2/c11-10(13)9(7-12)6-8-4-2-1-3-5-8/h1-5,9H,6H2,(H2,11,13). The molecule has 1 aromatic rings. The molecule has 67 valence electrons. The minimum Gasteiger partial charge on any atom is -0.369 e. The molecule has 0 saturated heterocycles. The summed E-state index contributed by atoms with van der Waals surface area (Å²) >= 11 is 0. The summed E-state index contributed by atoms with van der Waals surface area (Å²) in [5, 5.41) is 0. The lowest BCUT2D eigenvalue weighted by molar-refractivity contribution is -0.119. The van der Waals surface area contributed by atoms with E-state index in [1.807, 2.05) is 30.3 Å². The zero-order valence-corrected chi connectivity index (χ0v) is 7.07. The highest BCUT2D eigenvalue weighted by Crippen LogP contribution is 2.05. The largest absolute Gasteiger partial charge is 0.369 e. The normalized spacial score (nSPS) is 12.0. The molecule has 0 aliphatic heterocycles. The minimum absolute atomic E-state index is 0.333. The van der Waals surface area contributed by atoms with Crippen LogP contribution in [0.3, 0.4) is 0 Å². The molecule has 1 radical (unpaired) electrons. The molecule has 1 rings (SSSR count). The van der Waals surface area contributed by atoms with Gasteiger partial charge in [-0.15, -0.1) is 0 Å². The van der Waals surface area contributed by atoms with Gasteiger partial charge in [-0.1, -0.05) is 30.3 Å². The van der Waals surface area contributed by atoms with Crippen LogP contribution >= 0.6 is 0 Å². The Morgan fingerprint density at radius 1 is 1.38 bits per heavy atom. The number of rotatable bonds is 4. The predicted octanol–water partition coefficient (Wildman–Crippen LogP) is 0.440. The highest BCUT2D eigenvalue weighted by molar-refractivity contribution is 5.90. The number of carbonyl (C=O) groups excluding carboxylic acids is 2. The van der Waals surface area contributed by atoms with Crippen molar-refractivity contribution in [2.24, 2.45) is 11.7 Å². The van der Waals surface area contributed by atoms with Crippen LogP contribution in [-0.4, -0.2) is 12.2 Å². The van der Waals surface area contributed by atoms with Crippen LogP contribution in [0.15, 0.2) is 30.3 Å². The molecule has 0 saturated carbocycles. The Morgan fingerprint density at radius 2 is 2.00 bits per heavy atom. The van der Waals surface area contributed by atoms with Crippen LogP contribution in [0.2, 0.25) is 0 Å². The molecule has 2 N–H and O–H groups in total. The van der Waals surface area contributed by atoms with E-state index in [9.17, 15) is 9.59 Å². The van der Waals surface area contributed by atoms with Crippen molar-refractivity contribution in [3.8, 4) is 0 Å². The van der Waals surface area contributed by atoms with Crippen LogP contribution in [0, 0.1) is 5.92 Å². The molecule has 0 aliphatic rings. The number of benzene rings is 1. The number of primary amides is 1. The van der Waals surface area contributed by atoms with E-state index in [0.29, 0.717) is 6.42 Å². The average Bonchev–Trinajstić information content (AvgIpc) is 2.15. The van der Waals surface area contributed by atoms with E-state index in [1.54, 1.807) is 6.29 Å². The fourth-order valence-electron chi connectivity index (χ4n) is 1.05. The van der Waals surface area contributed by atoms with E-state index in [2.05, 4.69) is 0 Å². The number of nitrogens with two attached hydrogens (primary N) is 1. The molecule has 3 heteroatoms. The van der Waals surface area contributed by atoms with Crippen molar-refractivity contribution >= 4 is 12.2 Å². The summed E-state index contributed by atoms with van der Waals surface area (Å²) in [6, 6.07) is 9.24. The Kier molecular flexibility index (Phi) is 3.20. The van der Waals surface area contributed by atoms with Gasteiger partial charge < -0.3 is 5.73 Å². The van der Waals surface area contributed by atoms with Gasteiger partial charge in [0.25, 0.3) is 0 Å². The van der Waals surface area contributed by atoms with Crippen LogP contribution in [0.25, 0.3) is 0 Å². The lowest BCUT2D eigenvalue weighted by Gasteiger charge is -2.03. The van der Waals surface area contributed by atoms with Crippen molar-refractivity contribution in [2.45, 2.75) is 6.42 Å². The van der Waals surface area contributed by atoms with E-state index in [0.717, 1.165) is 5.56 Å². The summed E-state index contributed by atoms with van der Waals surface area (Å²) in [7, 11) is 0. The van der Waals surface area contributed by atoms with Crippen LogP contribution in [0.5, 0.6) is 0 Å². The topological polar surface area (TPSA) is 60.2 Å². The fraction of sp³-hybridized carbons (Fsp3) is 0.200. The molecule has 0 fully saturated rings. The van der Waals surface area contributed by atoms with Gasteiger partial charge in [-0.2, -0.15) is 0 Å². The smallest absolute Gasteiger partial charge is 0.228 e. The maximum Gasteiger partial charge on any atom is 0.228 e. The van der Waals surface area contributed by atoms with Crippen molar-refractivity contribution in [1.82, 2.24) is 0 Å². The summed E-state index contributed by atoms with van der Waals surface area (Å²) in [5.41, 5.74) is 5.91. The number of hydrogen-bond acceptors (Lipinski definition) is 2. The van der Waals surface area contributed by atoms with Gasteiger partial charge in [-0.3, -0.25) is 9.59 Å². The van der Waals surface area contributed by atoms with Crippen molar-refractivity contribution in [3.63, 3.8) is 0 Å². The molecule has 0 aromatic heterocycles. The molecule has 3 nitrogen and oxygen atoms in total. The van der Waals surface area contributed by atoms with E-state index in [1.165, 1.54) is 0 Å². The Hall–Kier alpha value is -1.64. The second kappa shape index (κ2) is 4.40. The number of amides is 1. The van der Waals surface area contributed by atoms with E-state index in [-0.39, 0.29) is 0 Å². The Balaban J connectivity index is 2.67.